The van der Waals surface area contributed by atoms with Gasteiger partial charge in [-0.25, -0.2) is 4.79 Å². The molecule has 0 radical (unpaired) electrons. The van der Waals surface area contributed by atoms with Gasteiger partial charge in [0.1, 0.15) is 5.58 Å². The van der Waals surface area contributed by atoms with Gasteiger partial charge in [-0.15, -0.1) is 0 Å². The van der Waals surface area contributed by atoms with Crippen molar-refractivity contribution in [1.29, 1.82) is 0 Å². The van der Waals surface area contributed by atoms with Crippen molar-refractivity contribution in [2.24, 2.45) is 0 Å². The Bertz CT molecular complexity index is 497. The molecule has 0 saturated heterocycles. The van der Waals surface area contributed by atoms with Crippen LogP contribution in [-0.2, 0) is 4.74 Å². The number of aryl methyl sites for hydroxylation is 1. The molecular weight excluding hydrogens is 192 g/mol. The fourth-order valence-electron chi connectivity index (χ4n) is 1.44. The predicted octanol–water partition coefficient (Wildman–Crippen LogP) is 2.92. The molecule has 1 aromatic carbocycles. The van der Waals surface area contributed by atoms with E-state index in [1.54, 1.807) is 13.0 Å². The number of ether oxygens (including phenoxy) is 1. The lowest BCUT2D eigenvalue weighted by atomic mass is 10.2. The first kappa shape index (κ1) is 9.77. The summed E-state index contributed by atoms with van der Waals surface area (Å²) in [4.78, 5) is 11.4. The first-order valence-corrected chi connectivity index (χ1v) is 4.88. The van der Waals surface area contributed by atoms with E-state index < -0.39 is 5.97 Å². The van der Waals surface area contributed by atoms with Crippen LogP contribution in [0.2, 0.25) is 0 Å². The van der Waals surface area contributed by atoms with E-state index in [2.05, 4.69) is 0 Å². The van der Waals surface area contributed by atoms with E-state index in [-0.39, 0.29) is 5.76 Å². The predicted molar refractivity (Wildman–Crippen MR) is 56.9 cm³/mol. The molecule has 2 rings (SSSR count). The van der Waals surface area contributed by atoms with Gasteiger partial charge in [0, 0.05) is 5.39 Å². The highest BCUT2D eigenvalue weighted by Gasteiger charge is 2.12. The second-order valence-corrected chi connectivity index (χ2v) is 3.37. The van der Waals surface area contributed by atoms with Gasteiger partial charge in [-0.1, -0.05) is 12.1 Å². The van der Waals surface area contributed by atoms with Gasteiger partial charge in [0.15, 0.2) is 0 Å². The molecule has 0 unspecified atom stereocenters. The Hall–Kier alpha value is -1.77. The summed E-state index contributed by atoms with van der Waals surface area (Å²) in [6.07, 6.45) is 0. The third kappa shape index (κ3) is 1.86. The monoisotopic (exact) mass is 204 g/mol. The van der Waals surface area contributed by atoms with E-state index in [1.807, 2.05) is 25.1 Å². The minimum Gasteiger partial charge on any atom is -0.460 e. The third-order valence-electron chi connectivity index (χ3n) is 2.15. The number of rotatable bonds is 2. The number of hydrogen-bond donors (Lipinski definition) is 0. The Morgan fingerprint density at radius 1 is 1.40 bits per heavy atom. The van der Waals surface area contributed by atoms with Crippen molar-refractivity contribution in [3.63, 3.8) is 0 Å². The van der Waals surface area contributed by atoms with Crippen molar-refractivity contribution in [3.05, 3.63) is 35.6 Å². The molecule has 1 heterocycles. The standard InChI is InChI=1S/C12H12O3/c1-3-14-12(13)11-7-9-5-4-8(2)6-10(9)15-11/h4-7H,3H2,1-2H3. The average molecular weight is 204 g/mol. The van der Waals surface area contributed by atoms with Crippen LogP contribution in [0.25, 0.3) is 11.0 Å². The first-order valence-electron chi connectivity index (χ1n) is 4.88. The third-order valence-corrected chi connectivity index (χ3v) is 2.15. The molecule has 0 spiro atoms. The zero-order valence-electron chi connectivity index (χ0n) is 8.74. The van der Waals surface area contributed by atoms with Crippen molar-refractivity contribution in [2.45, 2.75) is 13.8 Å². The lowest BCUT2D eigenvalue weighted by molar-refractivity contribution is 0.0492. The number of benzene rings is 1. The molecule has 0 saturated carbocycles. The highest BCUT2D eigenvalue weighted by atomic mass is 16.5. The summed E-state index contributed by atoms with van der Waals surface area (Å²) >= 11 is 0. The topological polar surface area (TPSA) is 39.4 Å². The molecule has 0 amide bonds. The maximum Gasteiger partial charge on any atom is 0.374 e. The number of carbonyl (C=O) groups is 1. The van der Waals surface area contributed by atoms with Gasteiger partial charge in [-0.05, 0) is 31.5 Å². The zero-order valence-corrected chi connectivity index (χ0v) is 8.74. The van der Waals surface area contributed by atoms with E-state index in [1.165, 1.54) is 0 Å². The molecule has 0 bridgehead atoms. The van der Waals surface area contributed by atoms with Crippen LogP contribution in [-0.4, -0.2) is 12.6 Å². The quantitative estimate of drug-likeness (QED) is 0.706. The molecule has 0 fully saturated rings. The Morgan fingerprint density at radius 2 is 2.20 bits per heavy atom. The van der Waals surface area contributed by atoms with Crippen LogP contribution in [0, 0.1) is 6.92 Å². The largest absolute Gasteiger partial charge is 0.460 e. The van der Waals surface area contributed by atoms with Crippen LogP contribution in [0.1, 0.15) is 23.0 Å². The minimum absolute atomic E-state index is 0.262. The summed E-state index contributed by atoms with van der Waals surface area (Å²) in [5.41, 5.74) is 1.82. The molecule has 0 aliphatic heterocycles. The maximum absolute atomic E-state index is 11.4. The summed E-state index contributed by atoms with van der Waals surface area (Å²) in [6.45, 7) is 4.10. The van der Waals surface area contributed by atoms with Crippen LogP contribution in [0.3, 0.4) is 0 Å². The maximum atomic E-state index is 11.4. The Kier molecular flexibility index (Phi) is 2.46. The van der Waals surface area contributed by atoms with Crippen LogP contribution in [0.15, 0.2) is 28.7 Å². The van der Waals surface area contributed by atoms with Gasteiger partial charge >= 0.3 is 5.97 Å². The van der Waals surface area contributed by atoms with Crippen molar-refractivity contribution in [3.8, 4) is 0 Å². The van der Waals surface area contributed by atoms with Gasteiger partial charge in [0.2, 0.25) is 5.76 Å². The summed E-state index contributed by atoms with van der Waals surface area (Å²) in [5, 5.41) is 0.920. The summed E-state index contributed by atoms with van der Waals surface area (Å²) in [6, 6.07) is 7.51. The Balaban J connectivity index is 2.42. The second kappa shape index (κ2) is 3.77. The average Bonchev–Trinajstić information content (AvgIpc) is 2.60. The molecule has 2 aromatic rings. The van der Waals surface area contributed by atoms with Gasteiger partial charge in [-0.2, -0.15) is 0 Å². The summed E-state index contributed by atoms with van der Waals surface area (Å²) < 4.78 is 10.2. The molecule has 0 N–H and O–H groups in total. The van der Waals surface area contributed by atoms with Crippen molar-refractivity contribution < 1.29 is 13.9 Å². The Morgan fingerprint density at radius 3 is 2.93 bits per heavy atom. The fourth-order valence-corrected chi connectivity index (χ4v) is 1.44. The lowest BCUT2D eigenvalue weighted by Gasteiger charge is -1.95. The van der Waals surface area contributed by atoms with Gasteiger partial charge in [-0.3, -0.25) is 0 Å². The second-order valence-electron chi connectivity index (χ2n) is 3.37. The minimum atomic E-state index is -0.411. The normalized spacial score (nSPS) is 10.5. The highest BCUT2D eigenvalue weighted by molar-refractivity contribution is 5.92. The van der Waals surface area contributed by atoms with Gasteiger partial charge in [0.05, 0.1) is 6.61 Å². The van der Waals surface area contributed by atoms with Crippen molar-refractivity contribution in [1.82, 2.24) is 0 Å². The van der Waals surface area contributed by atoms with Crippen LogP contribution in [0.4, 0.5) is 0 Å². The van der Waals surface area contributed by atoms with Crippen LogP contribution >= 0.6 is 0 Å². The van der Waals surface area contributed by atoms with Crippen molar-refractivity contribution >= 4 is 16.9 Å². The fraction of sp³-hybridized carbons (Fsp3) is 0.250. The number of carbonyl (C=O) groups excluding carboxylic acids is 1. The Labute approximate surface area is 87.6 Å². The van der Waals surface area contributed by atoms with Crippen LogP contribution < -0.4 is 0 Å². The van der Waals surface area contributed by atoms with E-state index >= 15 is 0 Å². The van der Waals surface area contributed by atoms with E-state index in [0.29, 0.717) is 6.61 Å². The zero-order chi connectivity index (χ0) is 10.8. The molecule has 3 heteroatoms. The molecule has 78 valence electrons. The van der Waals surface area contributed by atoms with E-state index in [0.717, 1.165) is 16.5 Å². The number of fused-ring (bicyclic) bond motifs is 1. The number of hydrogen-bond acceptors (Lipinski definition) is 3. The SMILES string of the molecule is CCOC(=O)c1cc2ccc(C)cc2o1. The summed E-state index contributed by atoms with van der Waals surface area (Å²) in [5.74, 6) is -0.149. The number of furan rings is 1. The molecule has 1 aromatic heterocycles. The van der Waals surface area contributed by atoms with Gasteiger partial charge < -0.3 is 9.15 Å². The molecule has 15 heavy (non-hydrogen) atoms. The molecule has 3 nitrogen and oxygen atoms in total. The van der Waals surface area contributed by atoms with Gasteiger partial charge in [0.25, 0.3) is 0 Å². The smallest absolute Gasteiger partial charge is 0.374 e. The molecular formula is C12H12O3. The molecule has 0 atom stereocenters. The highest BCUT2D eigenvalue weighted by Crippen LogP contribution is 2.20. The van der Waals surface area contributed by atoms with Crippen molar-refractivity contribution in [2.75, 3.05) is 6.61 Å². The lowest BCUT2D eigenvalue weighted by Crippen LogP contribution is -2.02. The first-order chi connectivity index (χ1) is 7.20. The van der Waals surface area contributed by atoms with E-state index in [4.69, 9.17) is 9.15 Å². The summed E-state index contributed by atoms with van der Waals surface area (Å²) in [7, 11) is 0. The molecule has 0 aliphatic rings. The van der Waals surface area contributed by atoms with E-state index in [9.17, 15) is 4.79 Å². The number of esters is 1. The van der Waals surface area contributed by atoms with Crippen LogP contribution in [0.5, 0.6) is 0 Å². The molecule has 0 aliphatic carbocycles.